The Balaban J connectivity index is 4.04. The minimum Gasteiger partial charge on any atom is -0.315 e. The Kier molecular flexibility index (Phi) is 7.20. The van der Waals surface area contributed by atoms with E-state index in [0.717, 1.165) is 24.9 Å². The molecule has 0 rings (SSSR count). The summed E-state index contributed by atoms with van der Waals surface area (Å²) in [4.78, 5) is 2.48. The Hall–Kier alpha value is -0.0800. The highest BCUT2D eigenvalue weighted by Gasteiger charge is 2.18. The van der Waals surface area contributed by atoms with Crippen molar-refractivity contribution in [2.75, 3.05) is 26.7 Å². The van der Waals surface area contributed by atoms with Gasteiger partial charge in [-0.1, -0.05) is 34.6 Å². The van der Waals surface area contributed by atoms with Gasteiger partial charge in [-0.05, 0) is 25.4 Å². The van der Waals surface area contributed by atoms with Crippen molar-refractivity contribution in [1.29, 1.82) is 0 Å². The maximum atomic E-state index is 3.44. The van der Waals surface area contributed by atoms with Gasteiger partial charge in [-0.15, -0.1) is 0 Å². The van der Waals surface area contributed by atoms with E-state index in [0.29, 0.717) is 6.04 Å². The van der Waals surface area contributed by atoms with Crippen LogP contribution in [-0.4, -0.2) is 37.6 Å². The van der Waals surface area contributed by atoms with E-state index < -0.39 is 0 Å². The van der Waals surface area contributed by atoms with Crippen molar-refractivity contribution in [2.45, 2.75) is 40.7 Å². The van der Waals surface area contributed by atoms with Crippen LogP contribution < -0.4 is 5.32 Å². The van der Waals surface area contributed by atoms with Crippen molar-refractivity contribution in [1.82, 2.24) is 10.2 Å². The molecule has 0 amide bonds. The number of nitrogens with one attached hydrogen (secondary N) is 1. The molecule has 0 saturated heterocycles. The van der Waals surface area contributed by atoms with Gasteiger partial charge in [0.05, 0.1) is 0 Å². The minimum atomic E-state index is 0.664. The molecule has 2 heteroatoms. The lowest BCUT2D eigenvalue weighted by Gasteiger charge is -2.32. The molecule has 0 fully saturated rings. The van der Waals surface area contributed by atoms with Gasteiger partial charge in [-0.2, -0.15) is 0 Å². The first kappa shape index (κ1) is 13.9. The van der Waals surface area contributed by atoms with Crippen LogP contribution in [0.4, 0.5) is 0 Å². The molecule has 0 heterocycles. The SMILES string of the molecule is CCNCC(C(C)C)N(C)CC(C)C. The van der Waals surface area contributed by atoms with E-state index in [2.05, 4.69) is 51.9 Å². The lowest BCUT2D eigenvalue weighted by atomic mass is 10.0. The highest BCUT2D eigenvalue weighted by atomic mass is 15.2. The standard InChI is InChI=1S/C12H28N2/c1-7-13-8-12(11(4)5)14(6)9-10(2)3/h10-13H,7-9H2,1-6H3. The van der Waals surface area contributed by atoms with Crippen molar-refractivity contribution in [3.05, 3.63) is 0 Å². The van der Waals surface area contributed by atoms with Crippen LogP contribution in [-0.2, 0) is 0 Å². The smallest absolute Gasteiger partial charge is 0.0240 e. The van der Waals surface area contributed by atoms with Crippen molar-refractivity contribution >= 4 is 0 Å². The van der Waals surface area contributed by atoms with E-state index in [9.17, 15) is 0 Å². The molecule has 1 atom stereocenters. The molecule has 2 nitrogen and oxygen atoms in total. The van der Waals surface area contributed by atoms with Crippen molar-refractivity contribution in [2.24, 2.45) is 11.8 Å². The Bertz CT molecular complexity index is 132. The molecule has 0 saturated carbocycles. The molecule has 1 N–H and O–H groups in total. The van der Waals surface area contributed by atoms with Gasteiger partial charge in [-0.25, -0.2) is 0 Å². The van der Waals surface area contributed by atoms with Crippen LogP contribution in [0.25, 0.3) is 0 Å². The third kappa shape index (κ3) is 5.61. The Morgan fingerprint density at radius 3 is 2.07 bits per heavy atom. The Labute approximate surface area is 90.1 Å². The molecule has 0 radical (unpaired) electrons. The quantitative estimate of drug-likeness (QED) is 0.678. The molecule has 0 aliphatic carbocycles. The van der Waals surface area contributed by atoms with Crippen molar-refractivity contribution < 1.29 is 0 Å². The number of rotatable bonds is 7. The monoisotopic (exact) mass is 200 g/mol. The molecule has 0 aliphatic heterocycles. The first-order chi connectivity index (χ1) is 6.49. The zero-order chi connectivity index (χ0) is 11.1. The van der Waals surface area contributed by atoms with E-state index in [-0.39, 0.29) is 0 Å². The van der Waals surface area contributed by atoms with Gasteiger partial charge in [0, 0.05) is 19.1 Å². The second-order valence-corrected chi connectivity index (χ2v) is 4.95. The number of likely N-dealkylation sites (N-methyl/N-ethyl adjacent to an activating group) is 2. The lowest BCUT2D eigenvalue weighted by molar-refractivity contribution is 0.170. The summed E-state index contributed by atoms with van der Waals surface area (Å²) in [5.74, 6) is 1.47. The van der Waals surface area contributed by atoms with Gasteiger partial charge in [0.25, 0.3) is 0 Å². The fourth-order valence-corrected chi connectivity index (χ4v) is 1.90. The second-order valence-electron chi connectivity index (χ2n) is 4.95. The molecule has 1 unspecified atom stereocenters. The number of hydrogen-bond donors (Lipinski definition) is 1. The van der Waals surface area contributed by atoms with Crippen LogP contribution in [0.3, 0.4) is 0 Å². The summed E-state index contributed by atoms with van der Waals surface area (Å²) in [5, 5.41) is 3.44. The van der Waals surface area contributed by atoms with Crippen LogP contribution in [0, 0.1) is 11.8 Å². The molecule has 86 valence electrons. The van der Waals surface area contributed by atoms with Gasteiger partial charge < -0.3 is 10.2 Å². The third-order valence-electron chi connectivity index (χ3n) is 2.59. The topological polar surface area (TPSA) is 15.3 Å². The van der Waals surface area contributed by atoms with Crippen LogP contribution in [0.1, 0.15) is 34.6 Å². The summed E-state index contributed by atoms with van der Waals surface area (Å²) in [7, 11) is 2.24. The molecular formula is C12H28N2. The minimum absolute atomic E-state index is 0.664. The van der Waals surface area contributed by atoms with Crippen LogP contribution in [0.2, 0.25) is 0 Å². The largest absolute Gasteiger partial charge is 0.315 e. The maximum Gasteiger partial charge on any atom is 0.0240 e. The summed E-state index contributed by atoms with van der Waals surface area (Å²) in [6.07, 6.45) is 0. The fourth-order valence-electron chi connectivity index (χ4n) is 1.90. The number of nitrogens with zero attached hydrogens (tertiary/aromatic N) is 1. The summed E-state index contributed by atoms with van der Waals surface area (Å²) >= 11 is 0. The Morgan fingerprint density at radius 1 is 1.14 bits per heavy atom. The van der Waals surface area contributed by atoms with E-state index in [1.165, 1.54) is 6.54 Å². The van der Waals surface area contributed by atoms with E-state index >= 15 is 0 Å². The van der Waals surface area contributed by atoms with E-state index in [1.807, 2.05) is 0 Å². The van der Waals surface area contributed by atoms with Gasteiger partial charge in [0.15, 0.2) is 0 Å². The van der Waals surface area contributed by atoms with Gasteiger partial charge in [0.1, 0.15) is 0 Å². The Morgan fingerprint density at radius 2 is 1.71 bits per heavy atom. The highest BCUT2D eigenvalue weighted by molar-refractivity contribution is 4.75. The summed E-state index contributed by atoms with van der Waals surface area (Å²) in [5.41, 5.74) is 0. The molecule has 0 spiro atoms. The van der Waals surface area contributed by atoms with E-state index in [4.69, 9.17) is 0 Å². The predicted molar refractivity (Wildman–Crippen MR) is 64.6 cm³/mol. The fraction of sp³-hybridized carbons (Fsp3) is 1.00. The van der Waals surface area contributed by atoms with Crippen LogP contribution in [0.5, 0.6) is 0 Å². The molecule has 14 heavy (non-hydrogen) atoms. The van der Waals surface area contributed by atoms with Gasteiger partial charge >= 0.3 is 0 Å². The molecule has 0 aliphatic rings. The molecule has 0 bridgehead atoms. The zero-order valence-electron chi connectivity index (χ0n) is 10.8. The maximum absolute atomic E-state index is 3.44. The first-order valence-electron chi connectivity index (χ1n) is 5.90. The average molecular weight is 200 g/mol. The summed E-state index contributed by atoms with van der Waals surface area (Å²) < 4.78 is 0. The summed E-state index contributed by atoms with van der Waals surface area (Å²) in [6.45, 7) is 14.7. The van der Waals surface area contributed by atoms with Crippen molar-refractivity contribution in [3.8, 4) is 0 Å². The van der Waals surface area contributed by atoms with Crippen LogP contribution in [0.15, 0.2) is 0 Å². The third-order valence-corrected chi connectivity index (χ3v) is 2.59. The molecular weight excluding hydrogens is 172 g/mol. The predicted octanol–water partition coefficient (Wildman–Crippen LogP) is 2.21. The number of hydrogen-bond acceptors (Lipinski definition) is 2. The molecule has 0 aromatic carbocycles. The van der Waals surface area contributed by atoms with Gasteiger partial charge in [-0.3, -0.25) is 0 Å². The average Bonchev–Trinajstić information content (AvgIpc) is 2.02. The summed E-state index contributed by atoms with van der Waals surface area (Å²) in [6, 6.07) is 0.664. The first-order valence-corrected chi connectivity index (χ1v) is 5.90. The zero-order valence-corrected chi connectivity index (χ0v) is 10.8. The van der Waals surface area contributed by atoms with Crippen LogP contribution >= 0.6 is 0 Å². The second kappa shape index (κ2) is 7.24. The highest BCUT2D eigenvalue weighted by Crippen LogP contribution is 2.10. The normalized spacial score (nSPS) is 14.4. The molecule has 0 aromatic rings. The van der Waals surface area contributed by atoms with E-state index in [1.54, 1.807) is 0 Å². The lowest BCUT2D eigenvalue weighted by Crippen LogP contribution is -2.44. The molecule has 0 aromatic heterocycles. The van der Waals surface area contributed by atoms with Crippen molar-refractivity contribution in [3.63, 3.8) is 0 Å². The van der Waals surface area contributed by atoms with Gasteiger partial charge in [0.2, 0.25) is 0 Å².